The van der Waals surface area contributed by atoms with Gasteiger partial charge in [-0.15, -0.1) is 0 Å². The highest BCUT2D eigenvalue weighted by molar-refractivity contribution is 5.89. The van der Waals surface area contributed by atoms with Crippen molar-refractivity contribution in [1.82, 2.24) is 14.9 Å². The molecule has 5 rings (SSSR count). The maximum Gasteiger partial charge on any atom is 0.321 e. The number of morpholine rings is 1. The van der Waals surface area contributed by atoms with Crippen molar-refractivity contribution >= 4 is 40.5 Å². The Labute approximate surface area is 230 Å². The molecule has 2 N–H and O–H groups in total. The number of hydrogen-bond donors (Lipinski definition) is 2. The number of hydrogen-bond acceptors (Lipinski definition) is 8. The molecule has 2 amide bonds. The molecule has 0 atom stereocenters. The number of ether oxygens (including phenoxy) is 1. The van der Waals surface area contributed by atoms with E-state index in [4.69, 9.17) is 9.72 Å². The summed E-state index contributed by atoms with van der Waals surface area (Å²) in [7, 11) is 0. The summed E-state index contributed by atoms with van der Waals surface area (Å²) < 4.78 is 5.44. The first-order chi connectivity index (χ1) is 19.1. The first kappa shape index (κ1) is 26.6. The standard InChI is InChI=1S/C29H38N8O2/c1-3-34(4-2)25-9-7-24(8-10-25)32-29(38)37-17-15-36(16-18-37)27-13-14-30-28(33-27)31-23-5-11-26(12-6-23)35-19-21-39-22-20-35/h5-14H,3-4,15-22H2,1-2H3,(H,32,38)(H,30,31,33). The Balaban J connectivity index is 1.12. The molecule has 206 valence electrons. The molecule has 2 aromatic carbocycles. The number of carbonyl (C=O) groups excluding carboxylic acids is 1. The number of aromatic nitrogens is 2. The van der Waals surface area contributed by atoms with Gasteiger partial charge in [0.25, 0.3) is 0 Å². The van der Waals surface area contributed by atoms with Crippen molar-refractivity contribution < 1.29 is 9.53 Å². The molecular weight excluding hydrogens is 492 g/mol. The van der Waals surface area contributed by atoms with Crippen molar-refractivity contribution in [1.29, 1.82) is 0 Å². The van der Waals surface area contributed by atoms with Gasteiger partial charge in [0.1, 0.15) is 5.82 Å². The fourth-order valence-corrected chi connectivity index (χ4v) is 4.98. The number of nitrogens with one attached hydrogen (secondary N) is 2. The van der Waals surface area contributed by atoms with Crippen LogP contribution < -0.4 is 25.3 Å². The molecule has 0 spiro atoms. The summed E-state index contributed by atoms with van der Waals surface area (Å²) in [4.78, 5) is 30.7. The Hall–Kier alpha value is -4.05. The van der Waals surface area contributed by atoms with E-state index in [-0.39, 0.29) is 6.03 Å². The molecule has 2 aliphatic heterocycles. The summed E-state index contributed by atoms with van der Waals surface area (Å²) in [5, 5.41) is 6.35. The van der Waals surface area contributed by atoms with Crippen LogP contribution in [0.2, 0.25) is 0 Å². The summed E-state index contributed by atoms with van der Waals surface area (Å²) in [6.45, 7) is 12.2. The van der Waals surface area contributed by atoms with E-state index < -0.39 is 0 Å². The fourth-order valence-electron chi connectivity index (χ4n) is 4.98. The molecule has 2 fully saturated rings. The SMILES string of the molecule is CCN(CC)c1ccc(NC(=O)N2CCN(c3ccnc(Nc4ccc(N5CCOCC5)cc4)n3)CC2)cc1. The summed E-state index contributed by atoms with van der Waals surface area (Å²) in [6, 6.07) is 18.2. The van der Waals surface area contributed by atoms with E-state index in [1.165, 1.54) is 5.69 Å². The Morgan fingerprint density at radius 2 is 1.51 bits per heavy atom. The Kier molecular flexibility index (Phi) is 8.62. The first-order valence-corrected chi connectivity index (χ1v) is 13.8. The highest BCUT2D eigenvalue weighted by atomic mass is 16.5. The van der Waals surface area contributed by atoms with Gasteiger partial charge in [-0.25, -0.2) is 9.78 Å². The minimum atomic E-state index is -0.0733. The number of amides is 2. The maximum absolute atomic E-state index is 12.9. The van der Waals surface area contributed by atoms with Crippen LogP contribution in [0.3, 0.4) is 0 Å². The van der Waals surface area contributed by atoms with Crippen LogP contribution in [0.5, 0.6) is 0 Å². The molecule has 0 bridgehead atoms. The van der Waals surface area contributed by atoms with Crippen molar-refractivity contribution in [2.24, 2.45) is 0 Å². The number of anilines is 6. The van der Waals surface area contributed by atoms with Gasteiger partial charge in [0.2, 0.25) is 5.95 Å². The van der Waals surface area contributed by atoms with Gasteiger partial charge >= 0.3 is 6.03 Å². The molecule has 0 aliphatic carbocycles. The number of benzene rings is 2. The second-order valence-corrected chi connectivity index (χ2v) is 9.63. The number of urea groups is 1. The van der Waals surface area contributed by atoms with Gasteiger partial charge in [0, 0.05) is 81.3 Å². The van der Waals surface area contributed by atoms with Gasteiger partial charge in [-0.1, -0.05) is 0 Å². The zero-order chi connectivity index (χ0) is 27.0. The van der Waals surface area contributed by atoms with Crippen molar-refractivity contribution in [3.63, 3.8) is 0 Å². The van der Waals surface area contributed by atoms with Crippen molar-refractivity contribution in [3.05, 3.63) is 60.8 Å². The maximum atomic E-state index is 12.9. The van der Waals surface area contributed by atoms with E-state index in [9.17, 15) is 4.79 Å². The molecular formula is C29H38N8O2. The van der Waals surface area contributed by atoms with E-state index in [1.54, 1.807) is 6.20 Å². The van der Waals surface area contributed by atoms with Crippen LogP contribution in [0.4, 0.5) is 39.3 Å². The number of carbonyl (C=O) groups is 1. The quantitative estimate of drug-likeness (QED) is 0.447. The summed E-state index contributed by atoms with van der Waals surface area (Å²) in [5.74, 6) is 1.41. The van der Waals surface area contributed by atoms with Crippen LogP contribution in [0.1, 0.15) is 13.8 Å². The normalized spacial score (nSPS) is 15.7. The van der Waals surface area contributed by atoms with E-state index in [0.29, 0.717) is 32.1 Å². The second kappa shape index (κ2) is 12.7. The summed E-state index contributed by atoms with van der Waals surface area (Å²) in [6.07, 6.45) is 1.77. The van der Waals surface area contributed by atoms with Crippen molar-refractivity contribution in [2.75, 3.05) is 90.9 Å². The molecule has 3 heterocycles. The minimum Gasteiger partial charge on any atom is -0.378 e. The molecule has 2 aliphatic rings. The third kappa shape index (κ3) is 6.69. The van der Waals surface area contributed by atoms with Gasteiger partial charge < -0.3 is 35.0 Å². The molecule has 0 radical (unpaired) electrons. The van der Waals surface area contributed by atoms with Crippen molar-refractivity contribution in [3.8, 4) is 0 Å². The summed E-state index contributed by atoms with van der Waals surface area (Å²) >= 11 is 0. The number of nitrogens with zero attached hydrogens (tertiary/aromatic N) is 6. The smallest absolute Gasteiger partial charge is 0.321 e. The van der Waals surface area contributed by atoms with E-state index in [2.05, 4.69) is 80.6 Å². The average Bonchev–Trinajstić information content (AvgIpc) is 3.00. The highest BCUT2D eigenvalue weighted by Crippen LogP contribution is 2.23. The van der Waals surface area contributed by atoms with Gasteiger partial charge in [0.15, 0.2) is 0 Å². The molecule has 10 nitrogen and oxygen atoms in total. The van der Waals surface area contributed by atoms with Crippen LogP contribution in [-0.4, -0.2) is 86.5 Å². The largest absolute Gasteiger partial charge is 0.378 e. The van der Waals surface area contributed by atoms with E-state index >= 15 is 0 Å². The zero-order valence-corrected chi connectivity index (χ0v) is 22.8. The van der Waals surface area contributed by atoms with Crippen molar-refractivity contribution in [2.45, 2.75) is 13.8 Å². The third-order valence-electron chi connectivity index (χ3n) is 7.28. The van der Waals surface area contributed by atoms with Crippen LogP contribution >= 0.6 is 0 Å². The fraction of sp³-hybridized carbons (Fsp3) is 0.414. The lowest BCUT2D eigenvalue weighted by Crippen LogP contribution is -2.50. The van der Waals surface area contributed by atoms with Crippen LogP contribution in [-0.2, 0) is 4.74 Å². The van der Waals surface area contributed by atoms with Gasteiger partial charge in [-0.3, -0.25) is 0 Å². The van der Waals surface area contributed by atoms with E-state index in [1.807, 2.05) is 23.1 Å². The Morgan fingerprint density at radius 1 is 0.846 bits per heavy atom. The summed E-state index contributed by atoms with van der Waals surface area (Å²) in [5.41, 5.74) is 4.10. The molecule has 3 aromatic rings. The lowest BCUT2D eigenvalue weighted by molar-refractivity contribution is 0.122. The Bertz CT molecular complexity index is 1200. The number of piperazine rings is 1. The van der Waals surface area contributed by atoms with E-state index in [0.717, 1.165) is 62.3 Å². The van der Waals surface area contributed by atoms with Gasteiger partial charge in [0.05, 0.1) is 13.2 Å². The molecule has 10 heteroatoms. The first-order valence-electron chi connectivity index (χ1n) is 13.8. The lowest BCUT2D eigenvalue weighted by Gasteiger charge is -2.35. The number of rotatable bonds is 8. The van der Waals surface area contributed by atoms with Crippen LogP contribution in [0.25, 0.3) is 0 Å². The van der Waals surface area contributed by atoms with Gasteiger partial charge in [-0.2, -0.15) is 4.98 Å². The highest BCUT2D eigenvalue weighted by Gasteiger charge is 2.22. The lowest BCUT2D eigenvalue weighted by atomic mass is 10.2. The average molecular weight is 531 g/mol. The Morgan fingerprint density at radius 3 is 2.18 bits per heavy atom. The third-order valence-corrected chi connectivity index (χ3v) is 7.28. The molecule has 39 heavy (non-hydrogen) atoms. The minimum absolute atomic E-state index is 0.0733. The zero-order valence-electron chi connectivity index (χ0n) is 22.8. The predicted octanol–water partition coefficient (Wildman–Crippen LogP) is 4.26. The monoisotopic (exact) mass is 530 g/mol. The molecule has 0 saturated carbocycles. The molecule has 1 aromatic heterocycles. The van der Waals surface area contributed by atoms with Crippen LogP contribution in [0.15, 0.2) is 60.8 Å². The molecule has 0 unspecified atom stereocenters. The topological polar surface area (TPSA) is 89.1 Å². The van der Waals surface area contributed by atoms with Gasteiger partial charge in [-0.05, 0) is 68.4 Å². The second-order valence-electron chi connectivity index (χ2n) is 9.63. The van der Waals surface area contributed by atoms with Crippen LogP contribution in [0, 0.1) is 0 Å². The molecule has 2 saturated heterocycles. The predicted molar refractivity (Wildman–Crippen MR) is 158 cm³/mol.